The molecule has 1 heterocycles. The molecule has 0 bridgehead atoms. The van der Waals surface area contributed by atoms with Gasteiger partial charge in [0.2, 0.25) is 0 Å². The normalized spacial score (nSPS) is 12.1. The number of carbonyl (C=O) groups is 1. The lowest BCUT2D eigenvalue weighted by Gasteiger charge is -2.29. The van der Waals surface area contributed by atoms with Gasteiger partial charge < -0.3 is 15.2 Å². The van der Waals surface area contributed by atoms with E-state index in [1.807, 2.05) is 0 Å². The van der Waals surface area contributed by atoms with Crippen LogP contribution in [-0.4, -0.2) is 22.5 Å². The molecule has 1 aromatic heterocycles. The SMILES string of the molecule is CCN(C(=O)Nc1ccc(F)c(Cl)c1)[C@@H](C)c1c[nH]c(=O)c2c(F)c(F)ccc12. The lowest BCUT2D eigenvalue weighted by molar-refractivity contribution is 0.197. The van der Waals surface area contributed by atoms with Gasteiger partial charge >= 0.3 is 6.03 Å². The predicted molar refractivity (Wildman–Crippen MR) is 106 cm³/mol. The van der Waals surface area contributed by atoms with Crippen LogP contribution in [-0.2, 0) is 0 Å². The Morgan fingerprint density at radius 3 is 2.55 bits per heavy atom. The minimum absolute atomic E-state index is 0.136. The van der Waals surface area contributed by atoms with E-state index in [1.165, 1.54) is 29.3 Å². The van der Waals surface area contributed by atoms with Crippen LogP contribution in [0.2, 0.25) is 5.02 Å². The van der Waals surface area contributed by atoms with Crippen molar-refractivity contribution in [2.24, 2.45) is 0 Å². The summed E-state index contributed by atoms with van der Waals surface area (Å²) < 4.78 is 41.1. The highest BCUT2D eigenvalue weighted by Crippen LogP contribution is 2.29. The first-order valence-electron chi connectivity index (χ1n) is 8.76. The molecule has 0 fully saturated rings. The average Bonchev–Trinajstić information content (AvgIpc) is 2.68. The smallest absolute Gasteiger partial charge is 0.322 e. The maximum Gasteiger partial charge on any atom is 0.322 e. The van der Waals surface area contributed by atoms with Crippen molar-refractivity contribution in [2.75, 3.05) is 11.9 Å². The zero-order chi connectivity index (χ0) is 21.3. The number of nitrogens with zero attached hydrogens (tertiary/aromatic N) is 1. The van der Waals surface area contributed by atoms with Gasteiger partial charge in [-0.1, -0.05) is 17.7 Å². The standard InChI is InChI=1S/C20H17ClF3N3O2/c1-3-27(20(29)26-11-4-6-15(22)14(21)8-11)10(2)13-9-25-19(28)17-12(13)5-7-16(23)18(17)24/h4-10H,3H2,1-2H3,(H,25,28)(H,26,29)/t10-/m0/s1. The van der Waals surface area contributed by atoms with Crippen LogP contribution in [0.4, 0.5) is 23.7 Å². The van der Waals surface area contributed by atoms with Gasteiger partial charge in [0.05, 0.1) is 16.5 Å². The van der Waals surface area contributed by atoms with E-state index >= 15 is 0 Å². The molecule has 3 aromatic rings. The van der Waals surface area contributed by atoms with Crippen LogP contribution >= 0.6 is 11.6 Å². The number of aromatic amines is 1. The van der Waals surface area contributed by atoms with Gasteiger partial charge in [-0.2, -0.15) is 0 Å². The Kier molecular flexibility index (Phi) is 5.83. The highest BCUT2D eigenvalue weighted by atomic mass is 35.5. The second-order valence-electron chi connectivity index (χ2n) is 6.38. The van der Waals surface area contributed by atoms with E-state index in [-0.39, 0.29) is 17.0 Å². The highest BCUT2D eigenvalue weighted by molar-refractivity contribution is 6.31. The molecule has 9 heteroatoms. The van der Waals surface area contributed by atoms with Gasteiger partial charge in [0, 0.05) is 18.4 Å². The van der Waals surface area contributed by atoms with Crippen LogP contribution in [0.3, 0.4) is 0 Å². The minimum atomic E-state index is -1.24. The Labute approximate surface area is 169 Å². The summed E-state index contributed by atoms with van der Waals surface area (Å²) in [4.78, 5) is 28.6. The first-order chi connectivity index (χ1) is 13.7. The number of hydrogen-bond acceptors (Lipinski definition) is 2. The van der Waals surface area contributed by atoms with Gasteiger partial charge in [-0.15, -0.1) is 0 Å². The summed E-state index contributed by atoms with van der Waals surface area (Å²) in [5.41, 5.74) is -0.0273. The molecule has 2 amide bonds. The summed E-state index contributed by atoms with van der Waals surface area (Å²) >= 11 is 5.74. The first kappa shape index (κ1) is 20.7. The number of urea groups is 1. The summed E-state index contributed by atoms with van der Waals surface area (Å²) in [5.74, 6) is -2.99. The van der Waals surface area contributed by atoms with Gasteiger partial charge in [0.15, 0.2) is 11.6 Å². The monoisotopic (exact) mass is 423 g/mol. The fourth-order valence-corrected chi connectivity index (χ4v) is 3.36. The van der Waals surface area contributed by atoms with E-state index in [0.29, 0.717) is 11.3 Å². The summed E-state index contributed by atoms with van der Waals surface area (Å²) in [6.07, 6.45) is 1.37. The van der Waals surface area contributed by atoms with E-state index in [0.717, 1.165) is 12.1 Å². The van der Waals surface area contributed by atoms with Crippen molar-refractivity contribution in [1.29, 1.82) is 0 Å². The Hall–Kier alpha value is -3.00. The second kappa shape index (κ2) is 8.16. The van der Waals surface area contributed by atoms with Crippen molar-refractivity contribution in [3.63, 3.8) is 0 Å². The highest BCUT2D eigenvalue weighted by Gasteiger charge is 2.24. The number of rotatable bonds is 4. The van der Waals surface area contributed by atoms with Gasteiger partial charge in [-0.05, 0) is 49.1 Å². The molecule has 29 heavy (non-hydrogen) atoms. The molecular formula is C20H17ClF3N3O2. The summed E-state index contributed by atoms with van der Waals surface area (Å²) in [6.45, 7) is 3.70. The topological polar surface area (TPSA) is 65.2 Å². The molecule has 0 aliphatic heterocycles. The number of aromatic nitrogens is 1. The number of fused-ring (bicyclic) bond motifs is 1. The van der Waals surface area contributed by atoms with Crippen LogP contribution in [0.5, 0.6) is 0 Å². The number of amides is 2. The van der Waals surface area contributed by atoms with Crippen LogP contribution in [0.1, 0.15) is 25.5 Å². The van der Waals surface area contributed by atoms with Crippen LogP contribution < -0.4 is 10.9 Å². The van der Waals surface area contributed by atoms with Crippen molar-refractivity contribution < 1.29 is 18.0 Å². The van der Waals surface area contributed by atoms with Crippen LogP contribution in [0, 0.1) is 17.5 Å². The van der Waals surface area contributed by atoms with E-state index in [4.69, 9.17) is 11.6 Å². The lowest BCUT2D eigenvalue weighted by Crippen LogP contribution is -2.37. The third-order valence-electron chi connectivity index (χ3n) is 4.68. The zero-order valence-corrected chi connectivity index (χ0v) is 16.3. The van der Waals surface area contributed by atoms with E-state index < -0.39 is 40.5 Å². The molecule has 2 aromatic carbocycles. The molecule has 0 aliphatic carbocycles. The van der Waals surface area contributed by atoms with Crippen molar-refractivity contribution in [2.45, 2.75) is 19.9 Å². The number of anilines is 1. The Morgan fingerprint density at radius 2 is 1.90 bits per heavy atom. The number of nitrogens with one attached hydrogen (secondary N) is 2. The van der Waals surface area contributed by atoms with Crippen LogP contribution in [0.25, 0.3) is 10.8 Å². The summed E-state index contributed by atoms with van der Waals surface area (Å²) in [7, 11) is 0. The number of hydrogen-bond donors (Lipinski definition) is 2. The van der Waals surface area contributed by atoms with Crippen molar-refractivity contribution in [3.05, 3.63) is 74.9 Å². The van der Waals surface area contributed by atoms with Gasteiger partial charge in [-0.25, -0.2) is 18.0 Å². The molecule has 0 radical (unpaired) electrons. The number of benzene rings is 2. The van der Waals surface area contributed by atoms with Crippen molar-refractivity contribution in [1.82, 2.24) is 9.88 Å². The number of carbonyl (C=O) groups excluding carboxylic acids is 1. The van der Waals surface area contributed by atoms with Gasteiger partial charge in [0.25, 0.3) is 5.56 Å². The molecule has 1 atom stereocenters. The Bertz CT molecular complexity index is 1150. The van der Waals surface area contributed by atoms with Gasteiger partial charge in [0.1, 0.15) is 5.82 Å². The first-order valence-corrected chi connectivity index (χ1v) is 9.14. The van der Waals surface area contributed by atoms with E-state index in [2.05, 4.69) is 10.3 Å². The molecule has 0 unspecified atom stereocenters. The fraction of sp³-hybridized carbons (Fsp3) is 0.200. The molecule has 2 N–H and O–H groups in total. The van der Waals surface area contributed by atoms with Crippen molar-refractivity contribution in [3.8, 4) is 0 Å². The largest absolute Gasteiger partial charge is 0.328 e. The van der Waals surface area contributed by atoms with Crippen molar-refractivity contribution >= 4 is 34.1 Å². The Morgan fingerprint density at radius 1 is 1.21 bits per heavy atom. The van der Waals surface area contributed by atoms with E-state index in [9.17, 15) is 22.8 Å². The lowest BCUT2D eigenvalue weighted by atomic mass is 10.0. The predicted octanol–water partition coefficient (Wildman–Crippen LogP) is 5.21. The molecule has 0 saturated heterocycles. The number of H-pyrrole nitrogens is 1. The third-order valence-corrected chi connectivity index (χ3v) is 4.97. The molecule has 5 nitrogen and oxygen atoms in total. The molecular weight excluding hydrogens is 407 g/mol. The molecule has 0 spiro atoms. The molecule has 3 rings (SSSR count). The Balaban J connectivity index is 1.97. The quantitative estimate of drug-likeness (QED) is 0.604. The molecule has 0 aliphatic rings. The summed E-state index contributed by atoms with van der Waals surface area (Å²) in [5, 5.41) is 2.28. The maximum atomic E-state index is 14.2. The zero-order valence-electron chi connectivity index (χ0n) is 15.5. The van der Waals surface area contributed by atoms with Gasteiger partial charge in [-0.3, -0.25) is 4.79 Å². The fourth-order valence-electron chi connectivity index (χ4n) is 3.18. The van der Waals surface area contributed by atoms with E-state index in [1.54, 1.807) is 13.8 Å². The number of halogens is 4. The molecule has 152 valence electrons. The van der Waals surface area contributed by atoms with Crippen LogP contribution in [0.15, 0.2) is 41.3 Å². The average molecular weight is 424 g/mol. The summed E-state index contributed by atoms with van der Waals surface area (Å²) in [6, 6.07) is 4.91. The number of pyridine rings is 1. The maximum absolute atomic E-state index is 14.2. The second-order valence-corrected chi connectivity index (χ2v) is 6.79. The molecule has 0 saturated carbocycles. The third kappa shape index (κ3) is 3.93. The minimum Gasteiger partial charge on any atom is -0.328 e.